The first-order valence-corrected chi connectivity index (χ1v) is 7.07. The first-order valence-electron chi connectivity index (χ1n) is 4.75. The monoisotopic (exact) mass is 324 g/mol. The van der Waals surface area contributed by atoms with Crippen molar-refractivity contribution in [3.05, 3.63) is 27.5 Å². The van der Waals surface area contributed by atoms with Crippen molar-refractivity contribution in [2.45, 2.75) is 32.1 Å². The van der Waals surface area contributed by atoms with E-state index in [2.05, 4.69) is 25.6 Å². The van der Waals surface area contributed by atoms with E-state index in [9.17, 15) is 4.21 Å². The second kappa shape index (κ2) is 5.58. The molecule has 90 valence electrons. The number of nitrogens with one attached hydrogen (secondary N) is 1. The van der Waals surface area contributed by atoms with E-state index < -0.39 is 11.0 Å². The first-order chi connectivity index (χ1) is 7.32. The third-order valence-corrected chi connectivity index (χ3v) is 4.65. The first kappa shape index (κ1) is 14.1. The molecule has 16 heavy (non-hydrogen) atoms. The minimum Gasteiger partial charge on any atom is -0.263 e. The Morgan fingerprint density at radius 1 is 1.50 bits per heavy atom. The van der Waals surface area contributed by atoms with Crippen LogP contribution in [0.1, 0.15) is 26.3 Å². The quantitative estimate of drug-likeness (QED) is 0.928. The molecule has 1 heterocycles. The maximum absolute atomic E-state index is 11.8. The van der Waals surface area contributed by atoms with Gasteiger partial charge < -0.3 is 0 Å². The molecule has 1 aromatic rings. The minimum atomic E-state index is -1.10. The van der Waals surface area contributed by atoms with E-state index in [1.54, 1.807) is 12.4 Å². The van der Waals surface area contributed by atoms with Crippen LogP contribution < -0.4 is 4.72 Å². The van der Waals surface area contributed by atoms with Crippen molar-refractivity contribution in [1.29, 1.82) is 0 Å². The fraction of sp³-hybridized carbons (Fsp3) is 0.500. The summed E-state index contributed by atoms with van der Waals surface area (Å²) in [5.74, 6) is 0. The van der Waals surface area contributed by atoms with Gasteiger partial charge in [0.1, 0.15) is 0 Å². The van der Waals surface area contributed by atoms with E-state index in [0.717, 1.165) is 10.0 Å². The zero-order chi connectivity index (χ0) is 12.3. The van der Waals surface area contributed by atoms with Gasteiger partial charge in [-0.2, -0.15) is 0 Å². The molecular formula is C10H14BrClN2OS. The summed E-state index contributed by atoms with van der Waals surface area (Å²) in [5, 5.41) is 0.605. The number of rotatable bonds is 3. The molecule has 1 aromatic heterocycles. The average Bonchev–Trinajstić information content (AvgIpc) is 2.18. The molecule has 0 bridgehead atoms. The summed E-state index contributed by atoms with van der Waals surface area (Å²) in [4.78, 5) is 4.01. The van der Waals surface area contributed by atoms with Crippen LogP contribution in [0.5, 0.6) is 0 Å². The van der Waals surface area contributed by atoms with Gasteiger partial charge in [-0.15, -0.1) is 0 Å². The molecule has 0 aliphatic rings. The number of nitrogens with zero attached hydrogens (tertiary/aromatic N) is 1. The third kappa shape index (κ3) is 3.80. The molecule has 0 spiro atoms. The predicted octanol–water partition coefficient (Wildman–Crippen LogP) is 3.05. The lowest BCUT2D eigenvalue weighted by Crippen LogP contribution is -2.32. The second-order valence-corrected chi connectivity index (χ2v) is 7.58. The van der Waals surface area contributed by atoms with Crippen molar-refractivity contribution in [3.8, 4) is 0 Å². The van der Waals surface area contributed by atoms with Crippen LogP contribution in [-0.4, -0.2) is 13.9 Å². The fourth-order valence-corrected chi connectivity index (χ4v) is 2.20. The van der Waals surface area contributed by atoms with Gasteiger partial charge in [0, 0.05) is 24.5 Å². The van der Waals surface area contributed by atoms with E-state index >= 15 is 0 Å². The van der Waals surface area contributed by atoms with E-state index in [0.29, 0.717) is 11.6 Å². The van der Waals surface area contributed by atoms with E-state index in [4.69, 9.17) is 11.6 Å². The highest BCUT2D eigenvalue weighted by Crippen LogP contribution is 2.24. The van der Waals surface area contributed by atoms with Gasteiger partial charge in [0.05, 0.1) is 25.2 Å². The molecule has 0 aromatic carbocycles. The number of aromatic nitrogens is 1. The topological polar surface area (TPSA) is 42.0 Å². The third-order valence-electron chi connectivity index (χ3n) is 1.86. The van der Waals surface area contributed by atoms with Crippen LogP contribution in [0.15, 0.2) is 16.9 Å². The lowest BCUT2D eigenvalue weighted by Gasteiger charge is -2.18. The lowest BCUT2D eigenvalue weighted by molar-refractivity contribution is 0.635. The maximum atomic E-state index is 11.8. The van der Waals surface area contributed by atoms with E-state index in [-0.39, 0.29) is 4.75 Å². The molecule has 0 unspecified atom stereocenters. The van der Waals surface area contributed by atoms with Gasteiger partial charge in [-0.05, 0) is 36.7 Å². The molecular weight excluding hydrogens is 312 g/mol. The smallest absolute Gasteiger partial charge is 0.0973 e. The highest BCUT2D eigenvalue weighted by molar-refractivity contribution is 9.10. The van der Waals surface area contributed by atoms with E-state index in [1.807, 2.05) is 20.8 Å². The standard InChI is InChI=1S/C10H14BrClN2OS/c1-10(2,3)16(15)14-5-7-4-13-6-8(11)9(7)12/h4,6,14H,5H2,1-3H3/t16-/m0/s1. The Balaban J connectivity index is 2.69. The number of hydrogen-bond donors (Lipinski definition) is 1. The van der Waals surface area contributed by atoms with E-state index in [1.165, 1.54) is 0 Å². The molecule has 0 saturated heterocycles. The van der Waals surface area contributed by atoms with Gasteiger partial charge in [-0.1, -0.05) is 11.6 Å². The Hall–Kier alpha value is 0.0300. The Morgan fingerprint density at radius 2 is 2.12 bits per heavy atom. The molecule has 3 nitrogen and oxygen atoms in total. The van der Waals surface area contributed by atoms with Crippen LogP contribution in [0.4, 0.5) is 0 Å². The SMILES string of the molecule is CC(C)(C)[S@](=O)NCc1cncc(Br)c1Cl. The van der Waals surface area contributed by atoms with Crippen LogP contribution in [0.3, 0.4) is 0 Å². The largest absolute Gasteiger partial charge is 0.263 e. The summed E-state index contributed by atoms with van der Waals surface area (Å²) in [5.41, 5.74) is 0.827. The number of hydrogen-bond acceptors (Lipinski definition) is 2. The summed E-state index contributed by atoms with van der Waals surface area (Å²) in [7, 11) is -1.10. The van der Waals surface area contributed by atoms with Gasteiger partial charge in [0.25, 0.3) is 0 Å². The molecule has 1 atom stereocenters. The van der Waals surface area contributed by atoms with Crippen molar-refractivity contribution in [3.63, 3.8) is 0 Å². The zero-order valence-electron chi connectivity index (χ0n) is 9.38. The Bertz CT molecular complexity index is 406. The van der Waals surface area contributed by atoms with Crippen molar-refractivity contribution < 1.29 is 4.21 Å². The zero-order valence-corrected chi connectivity index (χ0v) is 12.5. The van der Waals surface area contributed by atoms with Crippen LogP contribution in [0.2, 0.25) is 5.02 Å². The molecule has 0 saturated carbocycles. The molecule has 6 heteroatoms. The molecule has 1 rings (SSSR count). The fourth-order valence-electron chi connectivity index (χ4n) is 0.942. The van der Waals surface area contributed by atoms with Crippen LogP contribution in [0.25, 0.3) is 0 Å². The molecule has 0 aliphatic carbocycles. The maximum Gasteiger partial charge on any atom is 0.0973 e. The van der Waals surface area contributed by atoms with Crippen molar-refractivity contribution in [1.82, 2.24) is 9.71 Å². The van der Waals surface area contributed by atoms with Crippen LogP contribution >= 0.6 is 27.5 Å². The van der Waals surface area contributed by atoms with Crippen molar-refractivity contribution >= 4 is 38.5 Å². The van der Waals surface area contributed by atoms with Gasteiger partial charge in [0.15, 0.2) is 0 Å². The van der Waals surface area contributed by atoms with Crippen molar-refractivity contribution in [2.75, 3.05) is 0 Å². The summed E-state index contributed by atoms with van der Waals surface area (Å²) in [6.07, 6.45) is 3.30. The lowest BCUT2D eigenvalue weighted by atomic mass is 10.3. The van der Waals surface area contributed by atoms with Gasteiger partial charge in [-0.25, -0.2) is 8.93 Å². The molecule has 0 radical (unpaired) electrons. The van der Waals surface area contributed by atoms with Gasteiger partial charge >= 0.3 is 0 Å². The highest BCUT2D eigenvalue weighted by Gasteiger charge is 2.19. The number of halogens is 2. The summed E-state index contributed by atoms with van der Waals surface area (Å²) < 4.78 is 15.2. The average molecular weight is 326 g/mol. The molecule has 0 aliphatic heterocycles. The molecule has 0 fully saturated rings. The van der Waals surface area contributed by atoms with Gasteiger partial charge in [-0.3, -0.25) is 4.98 Å². The summed E-state index contributed by atoms with van der Waals surface area (Å²) >= 11 is 9.36. The van der Waals surface area contributed by atoms with Crippen LogP contribution in [0, 0.1) is 0 Å². The Morgan fingerprint density at radius 3 is 2.69 bits per heavy atom. The Labute approximate surface area is 112 Å². The second-order valence-electron chi connectivity index (χ2n) is 4.30. The van der Waals surface area contributed by atoms with Crippen molar-refractivity contribution in [2.24, 2.45) is 0 Å². The molecule has 0 amide bonds. The highest BCUT2D eigenvalue weighted by atomic mass is 79.9. The Kier molecular flexibility index (Phi) is 4.91. The normalized spacial score (nSPS) is 13.8. The minimum absolute atomic E-state index is 0.286. The summed E-state index contributed by atoms with van der Waals surface area (Å²) in [6, 6.07) is 0. The predicted molar refractivity (Wildman–Crippen MR) is 71.7 cm³/mol. The van der Waals surface area contributed by atoms with Gasteiger partial charge in [0.2, 0.25) is 0 Å². The summed E-state index contributed by atoms with van der Waals surface area (Å²) in [6.45, 7) is 6.18. The van der Waals surface area contributed by atoms with Crippen LogP contribution in [-0.2, 0) is 17.5 Å². The number of pyridine rings is 1. The molecule has 1 N–H and O–H groups in total.